The maximum Gasteiger partial charge on any atom is 0.240 e. The molecule has 0 aliphatic carbocycles. The summed E-state index contributed by atoms with van der Waals surface area (Å²) in [6.07, 6.45) is 3.46. The van der Waals surface area contributed by atoms with Gasteiger partial charge in [-0.05, 0) is 15.8 Å². The Bertz CT molecular complexity index is 951. The average Bonchev–Trinajstić information content (AvgIpc) is 3.13. The van der Waals surface area contributed by atoms with Gasteiger partial charge in [-0.1, -0.05) is 87.5 Å². The van der Waals surface area contributed by atoms with Gasteiger partial charge in [-0.2, -0.15) is 0 Å². The minimum absolute atomic E-state index is 0.0596. The molecule has 0 aliphatic rings. The Morgan fingerprint density at radius 3 is 2.07 bits per heavy atom. The molecule has 156 valence electrons. The van der Waals surface area contributed by atoms with Crippen LogP contribution in [-0.2, 0) is 11.0 Å². The number of aromatic nitrogens is 2. The zero-order valence-electron chi connectivity index (χ0n) is 18.2. The van der Waals surface area contributed by atoms with Crippen LogP contribution in [-0.4, -0.2) is 24.4 Å². The van der Waals surface area contributed by atoms with E-state index in [9.17, 15) is 4.79 Å². The van der Waals surface area contributed by atoms with Gasteiger partial charge in [-0.3, -0.25) is 4.79 Å². The molecular formula is C25H30N2O2Si. The first-order valence-electron chi connectivity index (χ1n) is 10.3. The van der Waals surface area contributed by atoms with Gasteiger partial charge in [-0.15, -0.1) is 6.58 Å². The van der Waals surface area contributed by atoms with E-state index in [2.05, 4.69) is 75.9 Å². The molecule has 0 radical (unpaired) electrons. The van der Waals surface area contributed by atoms with E-state index in [0.29, 0.717) is 12.4 Å². The predicted molar refractivity (Wildman–Crippen MR) is 125 cm³/mol. The third kappa shape index (κ3) is 5.04. The van der Waals surface area contributed by atoms with Crippen LogP contribution in [0.1, 0.15) is 50.1 Å². The maximum absolute atomic E-state index is 12.1. The summed E-state index contributed by atoms with van der Waals surface area (Å²) in [4.78, 5) is 16.8. The van der Waals surface area contributed by atoms with Crippen molar-refractivity contribution in [3.63, 3.8) is 0 Å². The first-order chi connectivity index (χ1) is 14.3. The van der Waals surface area contributed by atoms with Crippen LogP contribution in [0.25, 0.3) is 0 Å². The molecule has 0 saturated carbocycles. The average molecular weight is 419 g/mol. The van der Waals surface area contributed by atoms with Crippen LogP contribution in [0.4, 0.5) is 0 Å². The van der Waals surface area contributed by atoms with Crippen molar-refractivity contribution in [2.24, 2.45) is 5.41 Å². The van der Waals surface area contributed by atoms with Gasteiger partial charge in [0.2, 0.25) is 9.04 Å². The van der Waals surface area contributed by atoms with Gasteiger partial charge < -0.3 is 8.99 Å². The fourth-order valence-electron chi connectivity index (χ4n) is 3.58. The lowest BCUT2D eigenvalue weighted by Crippen LogP contribution is -2.47. The largest absolute Gasteiger partial charge is 0.402 e. The van der Waals surface area contributed by atoms with Crippen molar-refractivity contribution in [2.45, 2.75) is 40.3 Å². The monoisotopic (exact) mass is 418 g/mol. The number of hydrogen-bond donors (Lipinski definition) is 0. The fourth-order valence-corrected chi connectivity index (χ4v) is 6.24. The number of ketones is 1. The van der Waals surface area contributed by atoms with Crippen molar-refractivity contribution < 1.29 is 9.22 Å². The van der Waals surface area contributed by atoms with Crippen molar-refractivity contribution in [3.05, 3.63) is 91.0 Å². The highest BCUT2D eigenvalue weighted by Crippen LogP contribution is 2.36. The van der Waals surface area contributed by atoms with Crippen LogP contribution in [0.3, 0.4) is 0 Å². The van der Waals surface area contributed by atoms with Crippen LogP contribution in [0.5, 0.6) is 0 Å². The molecule has 1 unspecified atom stereocenters. The van der Waals surface area contributed by atoms with Crippen molar-refractivity contribution in [1.82, 2.24) is 9.55 Å². The first-order valence-corrected chi connectivity index (χ1v) is 11.9. The quantitative estimate of drug-likeness (QED) is 0.316. The van der Waals surface area contributed by atoms with Gasteiger partial charge in [0.15, 0.2) is 11.6 Å². The number of allylic oxidation sites excluding steroid dienone is 1. The van der Waals surface area contributed by atoms with E-state index in [1.807, 2.05) is 22.9 Å². The summed E-state index contributed by atoms with van der Waals surface area (Å²) in [6, 6.07) is 20.8. The van der Waals surface area contributed by atoms with Crippen LogP contribution in [0, 0.1) is 5.41 Å². The summed E-state index contributed by atoms with van der Waals surface area (Å²) in [7, 11) is -1.98. The number of carbonyl (C=O) groups is 1. The van der Waals surface area contributed by atoms with E-state index in [4.69, 9.17) is 9.41 Å². The van der Waals surface area contributed by atoms with Crippen LogP contribution in [0.15, 0.2) is 79.5 Å². The Kier molecular flexibility index (Phi) is 6.85. The Hall–Kier alpha value is -2.76. The summed E-state index contributed by atoms with van der Waals surface area (Å²) in [5, 5.41) is 2.44. The molecule has 0 fully saturated rings. The topological polar surface area (TPSA) is 44.1 Å². The first kappa shape index (κ1) is 21.9. The van der Waals surface area contributed by atoms with Gasteiger partial charge in [0.1, 0.15) is 0 Å². The molecule has 30 heavy (non-hydrogen) atoms. The molecule has 1 heterocycles. The molecule has 0 spiro atoms. The Morgan fingerprint density at radius 1 is 1.10 bits per heavy atom. The SMILES string of the molecule is C=CCn1cc(C(O[SiH](c2ccccc2)c2ccccc2)C(C)(C)C)nc1C(C)=O. The molecule has 0 saturated heterocycles. The van der Waals surface area contributed by atoms with Gasteiger partial charge in [0.25, 0.3) is 0 Å². The highest BCUT2D eigenvalue weighted by atomic mass is 28.3. The Morgan fingerprint density at radius 2 is 1.63 bits per heavy atom. The number of Topliss-reactive ketones (excluding diaryl/α,β-unsaturated/α-hetero) is 1. The molecule has 5 heteroatoms. The number of nitrogens with zero attached hydrogens (tertiary/aromatic N) is 2. The predicted octanol–water partition coefficient (Wildman–Crippen LogP) is 3.91. The highest BCUT2D eigenvalue weighted by molar-refractivity contribution is 6.80. The molecular weight excluding hydrogens is 388 g/mol. The fraction of sp³-hybridized carbons (Fsp3) is 0.280. The second-order valence-electron chi connectivity index (χ2n) is 8.57. The summed E-state index contributed by atoms with van der Waals surface area (Å²) < 4.78 is 8.78. The molecule has 2 aromatic carbocycles. The van der Waals surface area contributed by atoms with Gasteiger partial charge in [0, 0.05) is 19.7 Å². The second-order valence-corrected chi connectivity index (χ2v) is 10.9. The summed E-state index contributed by atoms with van der Waals surface area (Å²) >= 11 is 0. The molecule has 1 atom stereocenters. The molecule has 0 N–H and O–H groups in total. The molecule has 4 nitrogen and oxygen atoms in total. The number of carbonyl (C=O) groups excluding carboxylic acids is 1. The minimum Gasteiger partial charge on any atom is -0.402 e. The number of benzene rings is 2. The van der Waals surface area contributed by atoms with Gasteiger partial charge in [-0.25, -0.2) is 4.98 Å². The summed E-state index contributed by atoms with van der Waals surface area (Å²) in [5.74, 6) is 0.385. The molecule has 3 rings (SSSR count). The van der Waals surface area contributed by atoms with Crippen molar-refractivity contribution in [3.8, 4) is 0 Å². The second kappa shape index (κ2) is 9.37. The minimum atomic E-state index is -1.98. The third-order valence-corrected chi connectivity index (χ3v) is 7.49. The summed E-state index contributed by atoms with van der Waals surface area (Å²) in [6.45, 7) is 12.3. The number of rotatable bonds is 8. The number of imidazole rings is 1. The number of hydrogen-bond acceptors (Lipinski definition) is 3. The summed E-state index contributed by atoms with van der Waals surface area (Å²) in [5.41, 5.74) is 0.592. The van der Waals surface area contributed by atoms with E-state index in [-0.39, 0.29) is 17.3 Å². The standard InChI is InChI=1S/C25H30N2O2Si/c1-6-17-27-18-22(26-24(27)19(2)28)23(25(3,4)5)29-30(20-13-9-7-10-14-20)21-15-11-8-12-16-21/h6-16,18,23,30H,1,17H2,2-5H3. The zero-order chi connectivity index (χ0) is 21.7. The van der Waals surface area contributed by atoms with Crippen molar-refractivity contribution >= 4 is 25.2 Å². The Balaban J connectivity index is 2.06. The lowest BCUT2D eigenvalue weighted by molar-refractivity contribution is 0.0857. The van der Waals surface area contributed by atoms with Crippen LogP contribution in [0.2, 0.25) is 0 Å². The lowest BCUT2D eigenvalue weighted by Gasteiger charge is -2.33. The van der Waals surface area contributed by atoms with Crippen molar-refractivity contribution in [1.29, 1.82) is 0 Å². The third-order valence-electron chi connectivity index (χ3n) is 4.97. The van der Waals surface area contributed by atoms with Gasteiger partial charge in [0.05, 0.1) is 11.8 Å². The van der Waals surface area contributed by atoms with E-state index in [1.54, 1.807) is 13.0 Å². The molecule has 3 aromatic rings. The van der Waals surface area contributed by atoms with E-state index >= 15 is 0 Å². The van der Waals surface area contributed by atoms with Crippen molar-refractivity contribution in [2.75, 3.05) is 0 Å². The van der Waals surface area contributed by atoms with Crippen LogP contribution < -0.4 is 10.4 Å². The highest BCUT2D eigenvalue weighted by Gasteiger charge is 2.34. The maximum atomic E-state index is 12.1. The van der Waals surface area contributed by atoms with E-state index in [0.717, 1.165) is 5.69 Å². The van der Waals surface area contributed by atoms with Crippen LogP contribution >= 0.6 is 0 Å². The molecule has 0 aliphatic heterocycles. The van der Waals surface area contributed by atoms with Gasteiger partial charge >= 0.3 is 0 Å². The lowest BCUT2D eigenvalue weighted by atomic mass is 9.87. The molecule has 1 aromatic heterocycles. The normalized spacial score (nSPS) is 12.7. The molecule has 0 amide bonds. The smallest absolute Gasteiger partial charge is 0.240 e. The van der Waals surface area contributed by atoms with E-state index in [1.165, 1.54) is 10.4 Å². The molecule has 0 bridgehead atoms. The van der Waals surface area contributed by atoms with E-state index < -0.39 is 9.04 Å². The zero-order valence-corrected chi connectivity index (χ0v) is 19.4. The Labute approximate surface area is 181 Å².